The molecule has 2 rings (SSSR count). The van der Waals surface area contributed by atoms with Crippen molar-refractivity contribution >= 4 is 33.6 Å². The van der Waals surface area contributed by atoms with Gasteiger partial charge in [0.05, 0.1) is 10.2 Å². The van der Waals surface area contributed by atoms with E-state index in [1.165, 1.54) is 0 Å². The molecule has 1 aromatic carbocycles. The fraction of sp³-hybridized carbons (Fsp3) is 0.133. The van der Waals surface area contributed by atoms with Gasteiger partial charge in [0.15, 0.2) is 5.69 Å². The molecule has 0 aliphatic carbocycles. The predicted octanol–water partition coefficient (Wildman–Crippen LogP) is 3.00. The molecule has 0 atom stereocenters. The van der Waals surface area contributed by atoms with E-state index in [-0.39, 0.29) is 5.91 Å². The van der Waals surface area contributed by atoms with Gasteiger partial charge in [0, 0.05) is 13.2 Å². The lowest BCUT2D eigenvalue weighted by atomic mass is 10.2. The van der Waals surface area contributed by atoms with Gasteiger partial charge in [-0.3, -0.25) is 9.48 Å². The number of aryl methyl sites for hydroxylation is 1. The summed E-state index contributed by atoms with van der Waals surface area (Å²) in [6, 6.07) is 9.88. The number of carbonyl (C=O) groups is 1. The molecule has 1 heterocycles. The van der Waals surface area contributed by atoms with Crippen LogP contribution in [-0.2, 0) is 7.05 Å². The van der Waals surface area contributed by atoms with E-state index in [1.807, 2.05) is 49.4 Å². The van der Waals surface area contributed by atoms with E-state index in [2.05, 4.69) is 31.6 Å². The van der Waals surface area contributed by atoms with Crippen molar-refractivity contribution in [2.24, 2.45) is 12.1 Å². The first-order valence-corrected chi connectivity index (χ1v) is 7.12. The third-order valence-electron chi connectivity index (χ3n) is 2.65. The Hall–Kier alpha value is -2.21. The summed E-state index contributed by atoms with van der Waals surface area (Å²) < 4.78 is 2.19. The summed E-state index contributed by atoms with van der Waals surface area (Å²) in [4.78, 5) is 11.9. The van der Waals surface area contributed by atoms with E-state index >= 15 is 0 Å². The van der Waals surface area contributed by atoms with Crippen LogP contribution in [0.3, 0.4) is 0 Å². The highest BCUT2D eigenvalue weighted by molar-refractivity contribution is 9.10. The van der Waals surface area contributed by atoms with Crippen molar-refractivity contribution < 1.29 is 4.79 Å². The van der Waals surface area contributed by atoms with Crippen LogP contribution in [0.15, 0.2) is 52.2 Å². The molecule has 0 saturated heterocycles. The zero-order valence-electron chi connectivity index (χ0n) is 11.7. The van der Waals surface area contributed by atoms with E-state index in [0.717, 1.165) is 5.56 Å². The number of carbonyl (C=O) groups excluding carboxylic acids is 1. The SMILES string of the molecule is CC(/C=C/c1ccccc1)=N/NC(=O)c1nn(C)cc1Br. The maximum atomic E-state index is 11.9. The highest BCUT2D eigenvalue weighted by Gasteiger charge is 2.13. The van der Waals surface area contributed by atoms with Gasteiger partial charge < -0.3 is 0 Å². The molecule has 5 nitrogen and oxygen atoms in total. The van der Waals surface area contributed by atoms with Gasteiger partial charge in [0.2, 0.25) is 0 Å². The van der Waals surface area contributed by atoms with Gasteiger partial charge in [0.1, 0.15) is 0 Å². The molecular weight excluding hydrogens is 332 g/mol. The Morgan fingerprint density at radius 1 is 1.38 bits per heavy atom. The number of hydrogen-bond donors (Lipinski definition) is 1. The third-order valence-corrected chi connectivity index (χ3v) is 3.23. The molecule has 0 unspecified atom stereocenters. The monoisotopic (exact) mass is 346 g/mol. The molecule has 0 fully saturated rings. The van der Waals surface area contributed by atoms with Crippen LogP contribution < -0.4 is 5.43 Å². The summed E-state index contributed by atoms with van der Waals surface area (Å²) in [6.45, 7) is 1.81. The van der Waals surface area contributed by atoms with Crippen LogP contribution in [0.2, 0.25) is 0 Å². The smallest absolute Gasteiger partial charge is 0.274 e. The van der Waals surface area contributed by atoms with Crippen molar-refractivity contribution in [1.29, 1.82) is 0 Å². The molecule has 6 heteroatoms. The van der Waals surface area contributed by atoms with Gasteiger partial charge in [0.25, 0.3) is 5.91 Å². The van der Waals surface area contributed by atoms with Gasteiger partial charge >= 0.3 is 0 Å². The quantitative estimate of drug-likeness (QED) is 0.683. The molecule has 0 aliphatic rings. The van der Waals surface area contributed by atoms with Crippen molar-refractivity contribution in [1.82, 2.24) is 15.2 Å². The topological polar surface area (TPSA) is 59.3 Å². The maximum Gasteiger partial charge on any atom is 0.293 e. The Morgan fingerprint density at radius 2 is 2.10 bits per heavy atom. The lowest BCUT2D eigenvalue weighted by molar-refractivity contribution is 0.0948. The second kappa shape index (κ2) is 6.99. The first-order valence-electron chi connectivity index (χ1n) is 6.33. The molecule has 1 amide bonds. The number of benzene rings is 1. The molecule has 1 N–H and O–H groups in total. The fourth-order valence-electron chi connectivity index (χ4n) is 1.62. The minimum atomic E-state index is -0.352. The van der Waals surface area contributed by atoms with Crippen molar-refractivity contribution in [2.75, 3.05) is 0 Å². The van der Waals surface area contributed by atoms with E-state index in [1.54, 1.807) is 17.9 Å². The number of amides is 1. The van der Waals surface area contributed by atoms with E-state index in [0.29, 0.717) is 15.9 Å². The summed E-state index contributed by atoms with van der Waals surface area (Å²) in [5.74, 6) is -0.352. The molecule has 108 valence electrons. The van der Waals surface area contributed by atoms with Crippen molar-refractivity contribution in [3.8, 4) is 0 Å². The number of allylic oxidation sites excluding steroid dienone is 1. The van der Waals surface area contributed by atoms with E-state index in [9.17, 15) is 4.79 Å². The summed E-state index contributed by atoms with van der Waals surface area (Å²) in [7, 11) is 1.75. The van der Waals surface area contributed by atoms with E-state index < -0.39 is 0 Å². The van der Waals surface area contributed by atoms with Crippen molar-refractivity contribution in [3.05, 3.63) is 58.3 Å². The van der Waals surface area contributed by atoms with Gasteiger partial charge in [-0.05, 0) is 34.5 Å². The number of nitrogens with one attached hydrogen (secondary N) is 1. The second-order valence-electron chi connectivity index (χ2n) is 4.44. The maximum absolute atomic E-state index is 11.9. The first kappa shape index (κ1) is 15.2. The number of hydrogen-bond acceptors (Lipinski definition) is 3. The first-order chi connectivity index (χ1) is 10.1. The van der Waals surface area contributed by atoms with Gasteiger partial charge in [-0.25, -0.2) is 5.43 Å². The Labute approximate surface area is 131 Å². The standard InChI is InChI=1S/C15H15BrN4O/c1-11(8-9-12-6-4-3-5-7-12)17-18-15(21)14-13(16)10-20(2)19-14/h3-10H,1-2H3,(H,18,21)/b9-8+,17-11-. The van der Waals surface area contributed by atoms with Crippen LogP contribution in [0.1, 0.15) is 23.0 Å². The Bertz CT molecular complexity index is 689. The second-order valence-corrected chi connectivity index (χ2v) is 5.29. The highest BCUT2D eigenvalue weighted by Crippen LogP contribution is 2.13. The van der Waals surface area contributed by atoms with Crippen LogP contribution in [-0.4, -0.2) is 21.4 Å². The molecule has 0 radical (unpaired) electrons. The fourth-order valence-corrected chi connectivity index (χ4v) is 2.18. The third kappa shape index (κ3) is 4.39. The molecule has 2 aromatic rings. The molecule has 0 spiro atoms. The Morgan fingerprint density at radius 3 is 2.71 bits per heavy atom. The molecule has 0 bridgehead atoms. The lowest BCUT2D eigenvalue weighted by Gasteiger charge is -1.98. The van der Waals surface area contributed by atoms with Gasteiger partial charge in [-0.1, -0.05) is 36.4 Å². The number of hydrazone groups is 1. The Kier molecular flexibility index (Phi) is 5.05. The molecule has 21 heavy (non-hydrogen) atoms. The normalized spacial score (nSPS) is 11.9. The van der Waals surface area contributed by atoms with E-state index in [4.69, 9.17) is 0 Å². The van der Waals surface area contributed by atoms with Gasteiger partial charge in [-0.2, -0.15) is 10.2 Å². The molecule has 1 aromatic heterocycles. The van der Waals surface area contributed by atoms with Crippen LogP contribution in [0.4, 0.5) is 0 Å². The van der Waals surface area contributed by atoms with Crippen LogP contribution in [0.25, 0.3) is 6.08 Å². The summed E-state index contributed by atoms with van der Waals surface area (Å²) >= 11 is 3.28. The van der Waals surface area contributed by atoms with Crippen LogP contribution in [0, 0.1) is 0 Å². The number of rotatable bonds is 4. The van der Waals surface area contributed by atoms with Crippen LogP contribution in [0.5, 0.6) is 0 Å². The average molecular weight is 347 g/mol. The zero-order chi connectivity index (χ0) is 15.2. The number of nitrogens with zero attached hydrogens (tertiary/aromatic N) is 3. The van der Waals surface area contributed by atoms with Gasteiger partial charge in [-0.15, -0.1) is 0 Å². The lowest BCUT2D eigenvalue weighted by Crippen LogP contribution is -2.19. The average Bonchev–Trinajstić information content (AvgIpc) is 2.82. The minimum absolute atomic E-state index is 0.307. The number of halogens is 1. The summed E-state index contributed by atoms with van der Waals surface area (Å²) in [5.41, 5.74) is 4.56. The van der Waals surface area contributed by atoms with Crippen molar-refractivity contribution in [3.63, 3.8) is 0 Å². The summed E-state index contributed by atoms with van der Waals surface area (Å²) in [5, 5.41) is 8.08. The minimum Gasteiger partial charge on any atom is -0.274 e. The van der Waals surface area contributed by atoms with Crippen LogP contribution >= 0.6 is 15.9 Å². The molecule has 0 aliphatic heterocycles. The Balaban J connectivity index is 1.99. The van der Waals surface area contributed by atoms with Crippen molar-refractivity contribution in [2.45, 2.75) is 6.92 Å². The highest BCUT2D eigenvalue weighted by atomic mass is 79.9. The predicted molar refractivity (Wildman–Crippen MR) is 87.0 cm³/mol. The molecular formula is C15H15BrN4O. The number of aromatic nitrogens is 2. The molecule has 0 saturated carbocycles. The zero-order valence-corrected chi connectivity index (χ0v) is 13.3. The largest absolute Gasteiger partial charge is 0.293 e. The summed E-state index contributed by atoms with van der Waals surface area (Å²) in [6.07, 6.45) is 5.48.